The van der Waals surface area contributed by atoms with Gasteiger partial charge in [0.2, 0.25) is 5.91 Å². The summed E-state index contributed by atoms with van der Waals surface area (Å²) in [6.07, 6.45) is 3.72. The summed E-state index contributed by atoms with van der Waals surface area (Å²) in [5, 5.41) is 12.6. The molecular formula is C17H19NO4. The number of carboxylic acid groups (broad SMARTS) is 1. The predicted octanol–water partition coefficient (Wildman–Crippen LogP) is 3.07. The largest absolute Gasteiger partial charge is 0.480 e. The van der Waals surface area contributed by atoms with Crippen molar-refractivity contribution in [2.24, 2.45) is 0 Å². The van der Waals surface area contributed by atoms with Gasteiger partial charge in [0.1, 0.15) is 17.4 Å². The van der Waals surface area contributed by atoms with Gasteiger partial charge in [-0.1, -0.05) is 30.4 Å². The van der Waals surface area contributed by atoms with Crippen molar-refractivity contribution < 1.29 is 19.1 Å². The summed E-state index contributed by atoms with van der Waals surface area (Å²) in [6, 6.07) is 8.35. The van der Waals surface area contributed by atoms with Crippen LogP contribution in [0.3, 0.4) is 0 Å². The number of allylic oxidation sites excluding steroid dienone is 1. The topological polar surface area (TPSA) is 79.5 Å². The zero-order valence-electron chi connectivity index (χ0n) is 12.6. The van der Waals surface area contributed by atoms with Crippen molar-refractivity contribution in [2.45, 2.75) is 32.2 Å². The van der Waals surface area contributed by atoms with Gasteiger partial charge in [-0.3, -0.25) is 4.79 Å². The monoisotopic (exact) mass is 301 g/mol. The third kappa shape index (κ3) is 3.55. The molecule has 0 spiro atoms. The molecule has 1 aromatic carbocycles. The summed E-state index contributed by atoms with van der Waals surface area (Å²) >= 11 is 0. The second-order valence-corrected chi connectivity index (χ2v) is 5.11. The summed E-state index contributed by atoms with van der Waals surface area (Å²) in [4.78, 5) is 23.4. The molecular weight excluding hydrogens is 282 g/mol. The molecule has 22 heavy (non-hydrogen) atoms. The average Bonchev–Trinajstić information content (AvgIpc) is 2.94. The van der Waals surface area contributed by atoms with Crippen molar-refractivity contribution in [3.05, 3.63) is 48.2 Å². The number of rotatable bonds is 6. The predicted molar refractivity (Wildman–Crippen MR) is 83.6 cm³/mol. The van der Waals surface area contributed by atoms with Gasteiger partial charge in [0, 0.05) is 5.39 Å². The Hall–Kier alpha value is -2.56. The standard InChI is InChI=1S/C17H19NO4/c1-3-4-8-13(17(20)21)18-16(19)11(2)15-10-12-7-5-6-9-14(12)22-15/h3-7,9-11,13H,8H2,1-2H3,(H,18,19)(H,20,21)/b4-3+. The van der Waals surface area contributed by atoms with E-state index in [1.165, 1.54) is 0 Å². The van der Waals surface area contributed by atoms with Crippen molar-refractivity contribution in [2.75, 3.05) is 0 Å². The lowest BCUT2D eigenvalue weighted by atomic mass is 10.1. The molecule has 2 unspecified atom stereocenters. The van der Waals surface area contributed by atoms with Crippen LogP contribution in [0.4, 0.5) is 0 Å². The van der Waals surface area contributed by atoms with Crippen LogP contribution in [-0.4, -0.2) is 23.0 Å². The molecule has 2 aromatic rings. The Morgan fingerprint density at radius 2 is 2.09 bits per heavy atom. The summed E-state index contributed by atoms with van der Waals surface area (Å²) in [6.45, 7) is 3.50. The van der Waals surface area contributed by atoms with E-state index in [1.807, 2.05) is 24.3 Å². The maximum Gasteiger partial charge on any atom is 0.326 e. The van der Waals surface area contributed by atoms with Gasteiger partial charge in [0.25, 0.3) is 0 Å². The van der Waals surface area contributed by atoms with E-state index in [1.54, 1.807) is 32.1 Å². The number of carbonyl (C=O) groups is 2. The van der Waals surface area contributed by atoms with Crippen molar-refractivity contribution in [1.29, 1.82) is 0 Å². The average molecular weight is 301 g/mol. The Morgan fingerprint density at radius 1 is 1.36 bits per heavy atom. The molecule has 5 nitrogen and oxygen atoms in total. The number of benzene rings is 1. The molecule has 1 heterocycles. The molecule has 5 heteroatoms. The summed E-state index contributed by atoms with van der Waals surface area (Å²) in [7, 11) is 0. The van der Waals surface area contributed by atoms with E-state index in [4.69, 9.17) is 9.52 Å². The van der Waals surface area contributed by atoms with Crippen LogP contribution in [0.15, 0.2) is 46.9 Å². The minimum Gasteiger partial charge on any atom is -0.480 e. The van der Waals surface area contributed by atoms with E-state index in [0.717, 1.165) is 5.39 Å². The minimum atomic E-state index is -1.05. The Morgan fingerprint density at radius 3 is 2.73 bits per heavy atom. The Kier molecular flexibility index (Phi) is 4.99. The molecule has 0 aliphatic carbocycles. The quantitative estimate of drug-likeness (QED) is 0.804. The summed E-state index contributed by atoms with van der Waals surface area (Å²) in [5.41, 5.74) is 0.709. The summed E-state index contributed by atoms with van der Waals surface area (Å²) in [5.74, 6) is -1.45. The van der Waals surface area contributed by atoms with Gasteiger partial charge in [-0.05, 0) is 32.4 Å². The van der Waals surface area contributed by atoms with Crippen molar-refractivity contribution in [3.8, 4) is 0 Å². The molecule has 0 saturated carbocycles. The molecule has 0 fully saturated rings. The first-order chi connectivity index (χ1) is 10.5. The molecule has 2 atom stereocenters. The van der Waals surface area contributed by atoms with E-state index in [-0.39, 0.29) is 12.3 Å². The zero-order valence-corrected chi connectivity index (χ0v) is 12.6. The number of nitrogens with one attached hydrogen (secondary N) is 1. The molecule has 0 aliphatic rings. The van der Waals surface area contributed by atoms with Crippen molar-refractivity contribution in [1.82, 2.24) is 5.32 Å². The molecule has 116 valence electrons. The lowest BCUT2D eigenvalue weighted by molar-refractivity contribution is -0.141. The number of carboxylic acids is 1. The van der Waals surface area contributed by atoms with Crippen LogP contribution in [-0.2, 0) is 9.59 Å². The van der Waals surface area contributed by atoms with Crippen LogP contribution >= 0.6 is 0 Å². The van der Waals surface area contributed by atoms with Crippen LogP contribution in [0.5, 0.6) is 0 Å². The van der Waals surface area contributed by atoms with Crippen LogP contribution < -0.4 is 5.32 Å². The van der Waals surface area contributed by atoms with E-state index in [2.05, 4.69) is 5.32 Å². The van der Waals surface area contributed by atoms with Gasteiger partial charge in [-0.25, -0.2) is 4.79 Å². The lowest BCUT2D eigenvalue weighted by Crippen LogP contribution is -2.42. The van der Waals surface area contributed by atoms with E-state index < -0.39 is 17.9 Å². The van der Waals surface area contributed by atoms with E-state index >= 15 is 0 Å². The number of fused-ring (bicyclic) bond motifs is 1. The molecule has 0 radical (unpaired) electrons. The first-order valence-electron chi connectivity index (χ1n) is 7.15. The molecule has 2 rings (SSSR count). The Bertz CT molecular complexity index is 669. The molecule has 0 aliphatic heterocycles. The molecule has 1 aromatic heterocycles. The van der Waals surface area contributed by atoms with Gasteiger partial charge >= 0.3 is 5.97 Å². The highest BCUT2D eigenvalue weighted by Crippen LogP contribution is 2.25. The summed E-state index contributed by atoms with van der Waals surface area (Å²) < 4.78 is 5.65. The second kappa shape index (κ2) is 6.93. The van der Waals surface area contributed by atoms with Gasteiger partial charge in [-0.15, -0.1) is 0 Å². The maximum absolute atomic E-state index is 12.2. The number of hydrogen-bond acceptors (Lipinski definition) is 3. The van der Waals surface area contributed by atoms with Gasteiger partial charge in [-0.2, -0.15) is 0 Å². The Balaban J connectivity index is 2.12. The lowest BCUT2D eigenvalue weighted by Gasteiger charge is -2.15. The van der Waals surface area contributed by atoms with Crippen LogP contribution in [0.1, 0.15) is 31.9 Å². The SMILES string of the molecule is C/C=C/CC(NC(=O)C(C)c1cc2ccccc2o1)C(=O)O. The number of aliphatic carboxylic acids is 1. The van der Waals surface area contributed by atoms with Crippen LogP contribution in [0.25, 0.3) is 11.0 Å². The number of hydrogen-bond donors (Lipinski definition) is 2. The van der Waals surface area contributed by atoms with E-state index in [0.29, 0.717) is 11.3 Å². The third-order valence-electron chi connectivity index (χ3n) is 3.49. The highest BCUT2D eigenvalue weighted by Gasteiger charge is 2.24. The minimum absolute atomic E-state index is 0.254. The van der Waals surface area contributed by atoms with E-state index in [9.17, 15) is 9.59 Å². The Labute approximate surface area is 128 Å². The number of amides is 1. The van der Waals surface area contributed by atoms with Gasteiger partial charge in [0.05, 0.1) is 5.92 Å². The first kappa shape index (κ1) is 15.8. The van der Waals surface area contributed by atoms with Crippen LogP contribution in [0, 0.1) is 0 Å². The maximum atomic E-state index is 12.2. The normalized spacial score (nSPS) is 14.1. The first-order valence-corrected chi connectivity index (χ1v) is 7.15. The van der Waals surface area contributed by atoms with Gasteiger partial charge < -0.3 is 14.8 Å². The highest BCUT2D eigenvalue weighted by molar-refractivity contribution is 5.88. The molecule has 0 bridgehead atoms. The molecule has 2 N–H and O–H groups in total. The molecule has 0 saturated heterocycles. The second-order valence-electron chi connectivity index (χ2n) is 5.11. The fraction of sp³-hybridized carbons (Fsp3) is 0.294. The third-order valence-corrected chi connectivity index (χ3v) is 3.49. The number of para-hydroxylation sites is 1. The smallest absolute Gasteiger partial charge is 0.326 e. The van der Waals surface area contributed by atoms with Gasteiger partial charge in [0.15, 0.2) is 0 Å². The fourth-order valence-corrected chi connectivity index (χ4v) is 2.14. The van der Waals surface area contributed by atoms with Crippen molar-refractivity contribution >= 4 is 22.8 Å². The number of furan rings is 1. The molecule has 1 amide bonds. The highest BCUT2D eigenvalue weighted by atomic mass is 16.4. The van der Waals surface area contributed by atoms with Crippen molar-refractivity contribution in [3.63, 3.8) is 0 Å². The number of carbonyl (C=O) groups excluding carboxylic acids is 1. The fourth-order valence-electron chi connectivity index (χ4n) is 2.14. The zero-order chi connectivity index (χ0) is 16.1. The van der Waals surface area contributed by atoms with Crippen LogP contribution in [0.2, 0.25) is 0 Å².